The van der Waals surface area contributed by atoms with Crippen LogP contribution in [0.4, 0.5) is 0 Å². The predicted molar refractivity (Wildman–Crippen MR) is 109 cm³/mol. The van der Waals surface area contributed by atoms with E-state index >= 15 is 0 Å². The molecule has 1 aliphatic rings. The molecule has 6 heteroatoms. The van der Waals surface area contributed by atoms with Crippen molar-refractivity contribution >= 4 is 43.4 Å². The van der Waals surface area contributed by atoms with Crippen molar-refractivity contribution in [3.63, 3.8) is 0 Å². The van der Waals surface area contributed by atoms with Gasteiger partial charge in [0.25, 0.3) is 5.91 Å². The molecule has 0 saturated carbocycles. The van der Waals surface area contributed by atoms with E-state index in [0.717, 1.165) is 34.1 Å². The number of aromatic nitrogens is 1. The summed E-state index contributed by atoms with van der Waals surface area (Å²) in [6, 6.07) is 10.3. The van der Waals surface area contributed by atoms with E-state index in [4.69, 9.17) is 4.74 Å². The van der Waals surface area contributed by atoms with E-state index in [1.165, 1.54) is 11.1 Å². The first kappa shape index (κ1) is 17.8. The molecular weight excluding hydrogens is 412 g/mol. The average molecular weight is 433 g/mol. The molecule has 3 heterocycles. The first-order valence-corrected chi connectivity index (χ1v) is 10.5. The Morgan fingerprint density at radius 1 is 1.42 bits per heavy atom. The van der Waals surface area contributed by atoms with Crippen LogP contribution in [0.5, 0.6) is 0 Å². The molecule has 4 nitrogen and oxygen atoms in total. The largest absolute Gasteiger partial charge is 0.376 e. The number of ether oxygens (including phenoxy) is 1. The zero-order valence-corrected chi connectivity index (χ0v) is 17.0. The standard InChI is InChI=1S/C20H21BrN2O2S/c1-13-5-2-3-6-14(13)11-23-17(9-18-19(23)16(21)12-26-18)20(24)22-10-15-7-4-8-25-15/h2-3,5-6,9,12,15H,4,7-8,10-11H2,1H3,(H,22,24). The van der Waals surface area contributed by atoms with Crippen LogP contribution in [0.15, 0.2) is 40.2 Å². The molecule has 0 spiro atoms. The molecule has 0 radical (unpaired) electrons. The van der Waals surface area contributed by atoms with Crippen LogP contribution in [-0.2, 0) is 11.3 Å². The Kier molecular flexibility index (Phi) is 5.16. The molecule has 136 valence electrons. The van der Waals surface area contributed by atoms with E-state index in [-0.39, 0.29) is 12.0 Å². The molecule has 0 aliphatic carbocycles. The predicted octanol–water partition coefficient (Wildman–Crippen LogP) is 4.73. The molecular formula is C20H21BrN2O2S. The van der Waals surface area contributed by atoms with Crippen molar-refractivity contribution in [3.8, 4) is 0 Å². The highest BCUT2D eigenvalue weighted by atomic mass is 79.9. The Labute approximate surface area is 165 Å². The highest BCUT2D eigenvalue weighted by Gasteiger charge is 2.21. The zero-order chi connectivity index (χ0) is 18.1. The lowest BCUT2D eigenvalue weighted by Gasteiger charge is -2.14. The molecule has 1 atom stereocenters. The van der Waals surface area contributed by atoms with Crippen LogP contribution in [0.1, 0.15) is 34.5 Å². The molecule has 1 saturated heterocycles. The second-order valence-corrected chi connectivity index (χ2v) is 8.45. The van der Waals surface area contributed by atoms with Crippen molar-refractivity contribution in [3.05, 3.63) is 57.0 Å². The lowest BCUT2D eigenvalue weighted by atomic mass is 10.1. The number of hydrogen-bond acceptors (Lipinski definition) is 3. The van der Waals surface area contributed by atoms with Gasteiger partial charge in [0.05, 0.1) is 20.8 Å². The first-order valence-electron chi connectivity index (χ1n) is 8.84. The van der Waals surface area contributed by atoms with Crippen LogP contribution in [0.3, 0.4) is 0 Å². The lowest BCUT2D eigenvalue weighted by molar-refractivity contribution is 0.0851. The summed E-state index contributed by atoms with van der Waals surface area (Å²) in [7, 11) is 0. The van der Waals surface area contributed by atoms with Crippen molar-refractivity contribution in [2.24, 2.45) is 0 Å². The molecule has 1 N–H and O–H groups in total. The lowest BCUT2D eigenvalue weighted by Crippen LogP contribution is -2.33. The Bertz CT molecular complexity index is 941. The third-order valence-electron chi connectivity index (χ3n) is 4.91. The number of carbonyl (C=O) groups is 1. The maximum atomic E-state index is 12.9. The number of nitrogens with zero attached hydrogens (tertiary/aromatic N) is 1. The molecule has 3 aromatic rings. The number of amides is 1. The summed E-state index contributed by atoms with van der Waals surface area (Å²) in [5, 5.41) is 5.13. The Morgan fingerprint density at radius 2 is 2.27 bits per heavy atom. The fraction of sp³-hybridized carbons (Fsp3) is 0.350. The Morgan fingerprint density at radius 3 is 3.04 bits per heavy atom. The van der Waals surface area contributed by atoms with Crippen molar-refractivity contribution in [1.29, 1.82) is 0 Å². The average Bonchev–Trinajstić information content (AvgIpc) is 3.34. The van der Waals surface area contributed by atoms with E-state index in [2.05, 4.69) is 50.3 Å². The van der Waals surface area contributed by atoms with Gasteiger partial charge in [-0.3, -0.25) is 4.79 Å². The number of benzene rings is 1. The van der Waals surface area contributed by atoms with Gasteiger partial charge >= 0.3 is 0 Å². The fourth-order valence-corrected chi connectivity index (χ4v) is 5.14. The van der Waals surface area contributed by atoms with Crippen molar-refractivity contribution in [1.82, 2.24) is 9.88 Å². The second kappa shape index (κ2) is 7.55. The summed E-state index contributed by atoms with van der Waals surface area (Å²) in [5.74, 6) is -0.0376. The Balaban J connectivity index is 1.65. The van der Waals surface area contributed by atoms with E-state index in [9.17, 15) is 4.79 Å². The minimum Gasteiger partial charge on any atom is -0.376 e. The third-order valence-corrected chi connectivity index (χ3v) is 6.74. The molecule has 2 aromatic heterocycles. The van der Waals surface area contributed by atoms with Gasteiger partial charge in [-0.05, 0) is 52.9 Å². The van der Waals surface area contributed by atoms with Gasteiger partial charge in [-0.15, -0.1) is 11.3 Å². The molecule has 1 aromatic carbocycles. The number of aryl methyl sites for hydroxylation is 1. The SMILES string of the molecule is Cc1ccccc1Cn1c(C(=O)NCC2CCCO2)cc2scc(Br)c21. The summed E-state index contributed by atoms with van der Waals surface area (Å²) in [4.78, 5) is 12.9. The van der Waals surface area contributed by atoms with E-state index in [1.54, 1.807) is 11.3 Å². The summed E-state index contributed by atoms with van der Waals surface area (Å²) in [6.45, 7) is 4.15. The smallest absolute Gasteiger partial charge is 0.268 e. The maximum Gasteiger partial charge on any atom is 0.268 e. The molecule has 1 unspecified atom stereocenters. The van der Waals surface area contributed by atoms with Gasteiger partial charge in [-0.25, -0.2) is 0 Å². The normalized spacial score (nSPS) is 17.1. The highest BCUT2D eigenvalue weighted by Crippen LogP contribution is 2.34. The van der Waals surface area contributed by atoms with E-state index in [1.807, 2.05) is 18.2 Å². The molecule has 1 fully saturated rings. The fourth-order valence-electron chi connectivity index (χ4n) is 3.44. The first-order chi connectivity index (χ1) is 12.6. The zero-order valence-electron chi connectivity index (χ0n) is 14.6. The molecule has 1 aliphatic heterocycles. The molecule has 4 rings (SSSR count). The quantitative estimate of drug-likeness (QED) is 0.632. The summed E-state index contributed by atoms with van der Waals surface area (Å²) >= 11 is 5.29. The van der Waals surface area contributed by atoms with Crippen LogP contribution < -0.4 is 5.32 Å². The summed E-state index contributed by atoms with van der Waals surface area (Å²) in [6.07, 6.45) is 2.24. The summed E-state index contributed by atoms with van der Waals surface area (Å²) in [5.41, 5.74) is 4.23. The van der Waals surface area contributed by atoms with Gasteiger partial charge in [0.1, 0.15) is 5.69 Å². The van der Waals surface area contributed by atoms with Crippen molar-refractivity contribution in [2.75, 3.05) is 13.2 Å². The number of nitrogens with one attached hydrogen (secondary N) is 1. The highest BCUT2D eigenvalue weighted by molar-refractivity contribution is 9.10. The van der Waals surface area contributed by atoms with Gasteiger partial charge in [0.2, 0.25) is 0 Å². The van der Waals surface area contributed by atoms with Gasteiger partial charge in [0.15, 0.2) is 0 Å². The number of fused-ring (bicyclic) bond motifs is 1. The second-order valence-electron chi connectivity index (χ2n) is 6.68. The Hall–Kier alpha value is -1.63. The van der Waals surface area contributed by atoms with Crippen LogP contribution in [0.25, 0.3) is 10.2 Å². The van der Waals surface area contributed by atoms with Crippen LogP contribution >= 0.6 is 27.3 Å². The number of halogens is 1. The number of carbonyl (C=O) groups excluding carboxylic acids is 1. The number of rotatable bonds is 5. The monoisotopic (exact) mass is 432 g/mol. The van der Waals surface area contributed by atoms with Crippen LogP contribution in [0, 0.1) is 6.92 Å². The van der Waals surface area contributed by atoms with Gasteiger partial charge in [-0.2, -0.15) is 0 Å². The van der Waals surface area contributed by atoms with Crippen LogP contribution in [-0.4, -0.2) is 29.7 Å². The number of hydrogen-bond donors (Lipinski definition) is 1. The van der Waals surface area contributed by atoms with Gasteiger partial charge in [-0.1, -0.05) is 24.3 Å². The maximum absolute atomic E-state index is 12.9. The van der Waals surface area contributed by atoms with Crippen LogP contribution in [0.2, 0.25) is 0 Å². The topological polar surface area (TPSA) is 43.3 Å². The molecule has 0 bridgehead atoms. The van der Waals surface area contributed by atoms with Crippen molar-refractivity contribution < 1.29 is 9.53 Å². The number of thiophene rings is 1. The van der Waals surface area contributed by atoms with Gasteiger partial charge in [0, 0.05) is 25.1 Å². The summed E-state index contributed by atoms with van der Waals surface area (Å²) < 4.78 is 9.88. The van der Waals surface area contributed by atoms with E-state index in [0.29, 0.717) is 18.8 Å². The van der Waals surface area contributed by atoms with Crippen molar-refractivity contribution in [2.45, 2.75) is 32.4 Å². The third kappa shape index (κ3) is 3.46. The molecule has 1 amide bonds. The molecule has 26 heavy (non-hydrogen) atoms. The minimum absolute atomic E-state index is 0.0376. The van der Waals surface area contributed by atoms with Gasteiger partial charge < -0.3 is 14.6 Å². The minimum atomic E-state index is -0.0376. The van der Waals surface area contributed by atoms with E-state index < -0.39 is 0 Å².